The minimum Gasteiger partial charge on any atom is -0.370 e. The van der Waals surface area contributed by atoms with E-state index >= 15 is 0 Å². The molecule has 4 heterocycles. The Labute approximate surface area is 381 Å². The molecule has 5 aromatic rings. The van der Waals surface area contributed by atoms with Crippen LogP contribution in [0.5, 0.6) is 0 Å². The lowest BCUT2D eigenvalue weighted by Gasteiger charge is -2.26. The highest BCUT2D eigenvalue weighted by atomic mass is 32.2. The lowest BCUT2D eigenvalue weighted by Crippen LogP contribution is -2.58. The lowest BCUT2D eigenvalue weighted by atomic mass is 9.93. The summed E-state index contributed by atoms with van der Waals surface area (Å²) in [7, 11) is 0. The van der Waals surface area contributed by atoms with Crippen molar-refractivity contribution in [2.24, 2.45) is 28.1 Å². The number of aromatic nitrogens is 4. The van der Waals surface area contributed by atoms with Crippen LogP contribution in [0.1, 0.15) is 65.4 Å². The van der Waals surface area contributed by atoms with Gasteiger partial charge in [-0.15, -0.1) is 11.8 Å². The summed E-state index contributed by atoms with van der Waals surface area (Å²) in [6, 6.07) is 2.97. The quantitative estimate of drug-likeness (QED) is 0.0526. The molecule has 0 saturated heterocycles. The zero-order chi connectivity index (χ0) is 47.1. The molecule has 18 nitrogen and oxygen atoms in total. The average Bonchev–Trinajstić information content (AvgIpc) is 4.00. The van der Waals surface area contributed by atoms with Gasteiger partial charge < -0.3 is 52.5 Å². The predicted molar refractivity (Wildman–Crippen MR) is 251 cm³/mol. The summed E-state index contributed by atoms with van der Waals surface area (Å²) in [6.45, 7) is 11.3. The molecule has 12 N–H and O–H groups in total. The number of imidazole rings is 1. The van der Waals surface area contributed by atoms with Crippen LogP contribution in [0.2, 0.25) is 0 Å². The van der Waals surface area contributed by atoms with Gasteiger partial charge in [-0.1, -0.05) is 18.2 Å². The molecule has 0 bridgehead atoms. The Hall–Kier alpha value is -6.47. The summed E-state index contributed by atoms with van der Waals surface area (Å²) in [5, 5.41) is 15.2. The Morgan fingerprint density at radius 1 is 0.846 bits per heavy atom. The van der Waals surface area contributed by atoms with E-state index in [2.05, 4.69) is 48.1 Å². The van der Waals surface area contributed by atoms with Crippen molar-refractivity contribution < 1.29 is 28.8 Å². The second-order valence-electron chi connectivity index (χ2n) is 16.9. The molecule has 6 rings (SSSR count). The lowest BCUT2D eigenvalue weighted by molar-refractivity contribution is -0.132. The van der Waals surface area contributed by atoms with Gasteiger partial charge in [-0.05, 0) is 88.3 Å². The number of fused-ring (bicyclic) bond motifs is 4. The second-order valence-corrected chi connectivity index (χ2v) is 18.0. The molecule has 0 aliphatic carbocycles. The molecule has 1 aliphatic heterocycles. The van der Waals surface area contributed by atoms with E-state index < -0.39 is 59.5 Å². The van der Waals surface area contributed by atoms with Gasteiger partial charge in [0, 0.05) is 77.0 Å². The number of carbonyl (C=O) groups is 6. The second kappa shape index (κ2) is 21.0. The molecule has 2 aromatic carbocycles. The van der Waals surface area contributed by atoms with Gasteiger partial charge in [0.25, 0.3) is 0 Å². The third-order valence-electron chi connectivity index (χ3n) is 12.5. The first-order valence-electron chi connectivity index (χ1n) is 21.7. The molecule has 4 amide bonds. The van der Waals surface area contributed by atoms with Crippen LogP contribution in [-0.2, 0) is 48.2 Å². The number of aryl methyl sites for hydroxylation is 3. The number of aliphatic imine (C=N–C) groups is 1. The standard InChI is InChI=1S/C46H60N12O6S/c1-23(59)14-30-21-65-45-40-27(5)25(3)24(2)26(4)39(40)28(6)58(45)20-37(41(47)61)57-44(64)36(15-29-17-52-33-11-8-7-10-32(29)33)56-43(63)34(12-9-13-51-46(48)49)53-19-38(60)35(55-42(30)62)16-31-18-50-22-54-31/h7-8,10-11,17-18,22,30,34-37,52-53H,9,12-16,19-21H2,1-6H3,(H2,47,61)(H,50,54)(H,55,62)(H,56,63)(H,57,64)(H4,48,49,51)/t30?,34-,35-,36-,37?/m0/s1. The van der Waals surface area contributed by atoms with Crippen LogP contribution in [0, 0.1) is 40.5 Å². The first-order chi connectivity index (χ1) is 30.9. The van der Waals surface area contributed by atoms with Crippen molar-refractivity contribution >= 4 is 74.6 Å². The number of benzene rings is 2. The molecule has 0 radical (unpaired) electrons. The smallest absolute Gasteiger partial charge is 0.243 e. The number of nitrogens with two attached hydrogens (primary N) is 3. The van der Waals surface area contributed by atoms with Crippen LogP contribution in [0.25, 0.3) is 21.7 Å². The monoisotopic (exact) mass is 908 g/mol. The molecule has 0 spiro atoms. The highest BCUT2D eigenvalue weighted by molar-refractivity contribution is 7.99. The number of H-pyrrole nitrogens is 2. The summed E-state index contributed by atoms with van der Waals surface area (Å²) >= 11 is 1.36. The number of guanidine groups is 1. The van der Waals surface area contributed by atoms with Crippen molar-refractivity contribution in [2.75, 3.05) is 18.8 Å². The number of amides is 4. The van der Waals surface area contributed by atoms with Gasteiger partial charge >= 0.3 is 0 Å². The summed E-state index contributed by atoms with van der Waals surface area (Å²) in [5.74, 6) is -4.08. The van der Waals surface area contributed by atoms with E-state index in [4.69, 9.17) is 17.2 Å². The molecule has 1 aliphatic rings. The Morgan fingerprint density at radius 3 is 2.22 bits per heavy atom. The summed E-state index contributed by atoms with van der Waals surface area (Å²) in [6.07, 6.45) is 5.25. The average molecular weight is 909 g/mol. The molecule has 0 saturated carbocycles. The molecule has 5 atom stereocenters. The Kier molecular flexibility index (Phi) is 15.5. The van der Waals surface area contributed by atoms with E-state index in [9.17, 15) is 28.8 Å². The maximum Gasteiger partial charge on any atom is 0.243 e. The maximum absolute atomic E-state index is 14.6. The normalized spacial score (nSPS) is 20.6. The number of carbonyl (C=O) groups excluding carboxylic acids is 6. The number of Topliss-reactive ketones (excluding diaryl/α,β-unsaturated/α-hetero) is 2. The summed E-state index contributed by atoms with van der Waals surface area (Å²) < 4.78 is 1.94. The van der Waals surface area contributed by atoms with Crippen LogP contribution in [-0.4, -0.2) is 104 Å². The van der Waals surface area contributed by atoms with Crippen molar-refractivity contribution in [3.05, 3.63) is 82.2 Å². The van der Waals surface area contributed by atoms with Crippen molar-refractivity contribution in [3.63, 3.8) is 0 Å². The number of rotatable bonds is 11. The fourth-order valence-electron chi connectivity index (χ4n) is 8.57. The minimum atomic E-state index is -1.25. The number of primary amides is 1. The minimum absolute atomic E-state index is 0.0347. The molecular weight excluding hydrogens is 849 g/mol. The zero-order valence-corrected chi connectivity index (χ0v) is 38.5. The van der Waals surface area contributed by atoms with E-state index in [1.807, 2.05) is 56.5 Å². The maximum atomic E-state index is 14.6. The van der Waals surface area contributed by atoms with Crippen LogP contribution < -0.4 is 38.5 Å². The van der Waals surface area contributed by atoms with E-state index in [1.165, 1.54) is 25.0 Å². The Morgan fingerprint density at radius 2 is 1.54 bits per heavy atom. The number of nitrogens with one attached hydrogen (secondary N) is 6. The number of para-hydroxylation sites is 1. The Balaban J connectivity index is 1.48. The molecule has 19 heteroatoms. The van der Waals surface area contributed by atoms with Gasteiger partial charge in [0.05, 0.1) is 42.4 Å². The topological polar surface area (TPSA) is 290 Å². The highest BCUT2D eigenvalue weighted by Crippen LogP contribution is 2.41. The van der Waals surface area contributed by atoms with Crippen LogP contribution in [0.3, 0.4) is 0 Å². The zero-order valence-electron chi connectivity index (χ0n) is 37.7. The molecule has 65 heavy (non-hydrogen) atoms. The fourth-order valence-corrected chi connectivity index (χ4v) is 9.96. The number of hydrogen-bond donors (Lipinski definition) is 9. The van der Waals surface area contributed by atoms with Crippen LogP contribution in [0.15, 0.2) is 53.0 Å². The van der Waals surface area contributed by atoms with Crippen molar-refractivity contribution in [1.29, 1.82) is 0 Å². The van der Waals surface area contributed by atoms with E-state index in [0.717, 1.165) is 60.2 Å². The van der Waals surface area contributed by atoms with Gasteiger partial charge in [-0.3, -0.25) is 34.3 Å². The predicted octanol–water partition coefficient (Wildman–Crippen LogP) is 2.09. The van der Waals surface area contributed by atoms with E-state index in [-0.39, 0.29) is 62.8 Å². The van der Waals surface area contributed by atoms with E-state index in [0.29, 0.717) is 12.1 Å². The summed E-state index contributed by atoms with van der Waals surface area (Å²) in [5.41, 5.74) is 24.4. The van der Waals surface area contributed by atoms with Gasteiger partial charge in [0.2, 0.25) is 23.6 Å². The first kappa shape index (κ1) is 48.0. The van der Waals surface area contributed by atoms with E-state index in [1.54, 1.807) is 12.4 Å². The van der Waals surface area contributed by atoms with Crippen molar-refractivity contribution in [2.45, 2.75) is 109 Å². The van der Waals surface area contributed by atoms with Crippen molar-refractivity contribution in [3.8, 4) is 0 Å². The number of ketones is 2. The van der Waals surface area contributed by atoms with Crippen molar-refractivity contribution in [1.82, 2.24) is 40.8 Å². The van der Waals surface area contributed by atoms with Gasteiger partial charge in [-0.2, -0.15) is 0 Å². The summed E-state index contributed by atoms with van der Waals surface area (Å²) in [4.78, 5) is 98.3. The third-order valence-corrected chi connectivity index (χ3v) is 13.7. The molecule has 0 fully saturated rings. The molecular formula is C46H60N12O6S. The van der Waals surface area contributed by atoms with Crippen LogP contribution >= 0.6 is 11.8 Å². The first-order valence-corrected chi connectivity index (χ1v) is 22.7. The number of hydrogen-bond acceptors (Lipinski definition) is 10. The molecule has 2 unspecified atom stereocenters. The molecule has 3 aromatic heterocycles. The highest BCUT2D eigenvalue weighted by Gasteiger charge is 2.34. The van der Waals surface area contributed by atoms with Crippen LogP contribution in [0.4, 0.5) is 0 Å². The largest absolute Gasteiger partial charge is 0.370 e. The van der Waals surface area contributed by atoms with Gasteiger partial charge in [0.1, 0.15) is 17.9 Å². The van der Waals surface area contributed by atoms with Gasteiger partial charge in [-0.25, -0.2) is 4.98 Å². The number of aromatic amines is 2. The third kappa shape index (κ3) is 11.3. The number of nitrogens with zero attached hydrogens (tertiary/aromatic N) is 3. The Bertz CT molecular complexity index is 2630. The molecule has 346 valence electrons. The fraction of sp³-hybridized carbons (Fsp3) is 0.435. The number of thioether (sulfide) groups is 1. The van der Waals surface area contributed by atoms with Gasteiger partial charge in [0.15, 0.2) is 11.7 Å². The SMILES string of the molecule is CC(=O)CC1CSc2c3c(C)c(C)c(C)c(C)c3c(C)n2CC(C(N)=O)NC(=O)[C@H](Cc2c[nH]c3ccccc23)NC(=O)[C@H](CCCN=C(N)N)NCC(=O)[C@H](Cc2cnc[nH]2)NC1=O.